The van der Waals surface area contributed by atoms with Crippen LogP contribution in [0.5, 0.6) is 0 Å². The predicted molar refractivity (Wildman–Crippen MR) is 89.0 cm³/mol. The number of unbranched alkanes of at least 4 members (excludes halogenated alkanes) is 3. The van der Waals surface area contributed by atoms with Crippen LogP contribution in [0, 0.1) is 0 Å². The number of hydrogen-bond donors (Lipinski definition) is 1. The molecular weight excluding hydrogens is 266 g/mol. The van der Waals surface area contributed by atoms with Crippen LogP contribution in [0.15, 0.2) is 0 Å². The second-order valence-electron chi connectivity index (χ2n) is 5.54. The third kappa shape index (κ3) is 17.8. The predicted octanol–water partition coefficient (Wildman–Crippen LogP) is 3.39. The Balaban J connectivity index is 3.05. The molecule has 0 saturated heterocycles. The fourth-order valence-electron chi connectivity index (χ4n) is 1.97. The number of hydrogen-bond acceptors (Lipinski definition) is 4. The van der Waals surface area contributed by atoms with Crippen molar-refractivity contribution in [3.8, 4) is 0 Å². The zero-order valence-electron chi connectivity index (χ0n) is 14.5. The Labute approximate surface area is 131 Å². The van der Waals surface area contributed by atoms with Crippen molar-refractivity contribution in [3.63, 3.8) is 0 Å². The van der Waals surface area contributed by atoms with E-state index in [1.807, 2.05) is 0 Å². The summed E-state index contributed by atoms with van der Waals surface area (Å²) < 4.78 is 16.4. The molecule has 0 aromatic heterocycles. The van der Waals surface area contributed by atoms with E-state index in [4.69, 9.17) is 14.2 Å². The highest BCUT2D eigenvalue weighted by Crippen LogP contribution is 2.02. The lowest BCUT2D eigenvalue weighted by atomic mass is 10.1. The van der Waals surface area contributed by atoms with Gasteiger partial charge in [0.15, 0.2) is 0 Å². The van der Waals surface area contributed by atoms with Crippen molar-refractivity contribution >= 4 is 0 Å². The lowest BCUT2D eigenvalue weighted by Crippen LogP contribution is -2.29. The molecule has 1 unspecified atom stereocenters. The average Bonchev–Trinajstić information content (AvgIpc) is 2.48. The van der Waals surface area contributed by atoms with Crippen LogP contribution in [0.25, 0.3) is 0 Å². The molecule has 0 aromatic rings. The maximum atomic E-state index is 5.53. The smallest absolute Gasteiger partial charge is 0.0701 e. The zero-order valence-corrected chi connectivity index (χ0v) is 14.5. The monoisotopic (exact) mass is 303 g/mol. The van der Waals surface area contributed by atoms with E-state index in [2.05, 4.69) is 26.1 Å². The molecule has 0 aliphatic rings. The van der Waals surface area contributed by atoms with Gasteiger partial charge in [-0.2, -0.15) is 0 Å². The second-order valence-corrected chi connectivity index (χ2v) is 5.54. The number of nitrogens with one attached hydrogen (secondary N) is 1. The van der Waals surface area contributed by atoms with Gasteiger partial charge in [-0.1, -0.05) is 39.5 Å². The van der Waals surface area contributed by atoms with E-state index in [9.17, 15) is 0 Å². The fraction of sp³-hybridized carbons (Fsp3) is 1.00. The first-order chi connectivity index (χ1) is 10.3. The molecule has 0 bridgehead atoms. The second kappa shape index (κ2) is 17.9. The lowest BCUT2D eigenvalue weighted by Gasteiger charge is -2.13. The van der Waals surface area contributed by atoms with Gasteiger partial charge >= 0.3 is 0 Å². The van der Waals surface area contributed by atoms with E-state index < -0.39 is 0 Å². The topological polar surface area (TPSA) is 39.7 Å². The molecule has 0 spiro atoms. The maximum absolute atomic E-state index is 5.53. The Morgan fingerprint density at radius 1 is 0.714 bits per heavy atom. The van der Waals surface area contributed by atoms with Crippen LogP contribution in [0.1, 0.15) is 59.3 Å². The molecule has 0 radical (unpaired) electrons. The SMILES string of the molecule is CCCCCC(C)NCCOCCOCCOCCCC. The van der Waals surface area contributed by atoms with E-state index in [0.29, 0.717) is 32.5 Å². The molecule has 4 nitrogen and oxygen atoms in total. The first-order valence-electron chi connectivity index (χ1n) is 8.77. The Kier molecular flexibility index (Phi) is 17.8. The normalized spacial score (nSPS) is 12.7. The summed E-state index contributed by atoms with van der Waals surface area (Å²) in [5.41, 5.74) is 0. The Bertz CT molecular complexity index is 191. The number of ether oxygens (including phenoxy) is 3. The summed E-state index contributed by atoms with van der Waals surface area (Å²) in [7, 11) is 0. The average molecular weight is 303 g/mol. The highest BCUT2D eigenvalue weighted by molar-refractivity contribution is 4.59. The van der Waals surface area contributed by atoms with E-state index in [-0.39, 0.29) is 0 Å². The molecule has 1 atom stereocenters. The van der Waals surface area contributed by atoms with Crippen molar-refractivity contribution in [2.75, 3.05) is 46.2 Å². The van der Waals surface area contributed by atoms with E-state index in [0.717, 1.165) is 26.2 Å². The quantitative estimate of drug-likeness (QED) is 0.418. The van der Waals surface area contributed by atoms with Crippen molar-refractivity contribution in [2.45, 2.75) is 65.3 Å². The van der Waals surface area contributed by atoms with Gasteiger partial charge in [0.2, 0.25) is 0 Å². The van der Waals surface area contributed by atoms with Gasteiger partial charge in [0.05, 0.1) is 33.0 Å². The van der Waals surface area contributed by atoms with Crippen LogP contribution in [-0.4, -0.2) is 52.2 Å². The van der Waals surface area contributed by atoms with Crippen LogP contribution < -0.4 is 5.32 Å². The summed E-state index contributed by atoms with van der Waals surface area (Å²) in [4.78, 5) is 0. The van der Waals surface area contributed by atoms with Crippen molar-refractivity contribution in [1.82, 2.24) is 5.32 Å². The minimum absolute atomic E-state index is 0.594. The molecule has 0 aliphatic heterocycles. The molecule has 4 heteroatoms. The van der Waals surface area contributed by atoms with Crippen molar-refractivity contribution in [3.05, 3.63) is 0 Å². The molecule has 0 aliphatic carbocycles. The molecule has 0 saturated carbocycles. The van der Waals surface area contributed by atoms with Crippen LogP contribution in [0.3, 0.4) is 0 Å². The summed E-state index contributed by atoms with van der Waals surface area (Å²) in [5, 5.41) is 3.49. The lowest BCUT2D eigenvalue weighted by molar-refractivity contribution is 0.0144. The van der Waals surface area contributed by atoms with Crippen LogP contribution in [0.2, 0.25) is 0 Å². The van der Waals surface area contributed by atoms with Crippen LogP contribution in [-0.2, 0) is 14.2 Å². The first-order valence-corrected chi connectivity index (χ1v) is 8.77. The summed E-state index contributed by atoms with van der Waals surface area (Å²) in [6.07, 6.45) is 7.52. The highest BCUT2D eigenvalue weighted by Gasteiger charge is 1.99. The molecule has 0 amide bonds. The number of rotatable bonds is 17. The van der Waals surface area contributed by atoms with E-state index >= 15 is 0 Å². The van der Waals surface area contributed by atoms with Crippen molar-refractivity contribution < 1.29 is 14.2 Å². The summed E-state index contributed by atoms with van der Waals surface area (Å²) in [6.45, 7) is 11.9. The zero-order chi connectivity index (χ0) is 15.6. The van der Waals surface area contributed by atoms with Crippen molar-refractivity contribution in [1.29, 1.82) is 0 Å². The van der Waals surface area contributed by atoms with Gasteiger partial charge < -0.3 is 19.5 Å². The van der Waals surface area contributed by atoms with Gasteiger partial charge in [0, 0.05) is 19.2 Å². The minimum Gasteiger partial charge on any atom is -0.379 e. The van der Waals surface area contributed by atoms with E-state index in [1.54, 1.807) is 0 Å². The Hall–Kier alpha value is -0.160. The minimum atomic E-state index is 0.594. The Morgan fingerprint density at radius 2 is 1.29 bits per heavy atom. The van der Waals surface area contributed by atoms with Crippen LogP contribution in [0.4, 0.5) is 0 Å². The molecule has 0 fully saturated rings. The van der Waals surface area contributed by atoms with Gasteiger partial charge in [-0.25, -0.2) is 0 Å². The summed E-state index contributed by atoms with van der Waals surface area (Å²) in [5.74, 6) is 0. The molecule has 0 rings (SSSR count). The van der Waals surface area contributed by atoms with Gasteiger partial charge in [-0.05, 0) is 19.8 Å². The van der Waals surface area contributed by atoms with Crippen LogP contribution >= 0.6 is 0 Å². The standard InChI is InChI=1S/C17H37NO3/c1-4-6-8-9-17(3)18-10-12-20-14-16-21-15-13-19-11-7-5-2/h17-18H,4-16H2,1-3H3. The van der Waals surface area contributed by atoms with Gasteiger partial charge in [-0.15, -0.1) is 0 Å². The molecular formula is C17H37NO3. The third-order valence-electron chi connectivity index (χ3n) is 3.37. The van der Waals surface area contributed by atoms with Crippen molar-refractivity contribution in [2.24, 2.45) is 0 Å². The summed E-state index contributed by atoms with van der Waals surface area (Å²) >= 11 is 0. The highest BCUT2D eigenvalue weighted by atomic mass is 16.5. The first kappa shape index (κ1) is 20.8. The van der Waals surface area contributed by atoms with Gasteiger partial charge in [0.1, 0.15) is 0 Å². The molecule has 0 aromatic carbocycles. The fourth-order valence-corrected chi connectivity index (χ4v) is 1.97. The largest absolute Gasteiger partial charge is 0.379 e. The van der Waals surface area contributed by atoms with Gasteiger partial charge in [-0.3, -0.25) is 0 Å². The molecule has 128 valence electrons. The Morgan fingerprint density at radius 3 is 1.90 bits per heavy atom. The maximum Gasteiger partial charge on any atom is 0.0701 e. The van der Waals surface area contributed by atoms with Gasteiger partial charge in [0.25, 0.3) is 0 Å². The van der Waals surface area contributed by atoms with E-state index in [1.165, 1.54) is 32.1 Å². The third-order valence-corrected chi connectivity index (χ3v) is 3.37. The molecule has 1 N–H and O–H groups in total. The molecule has 21 heavy (non-hydrogen) atoms. The summed E-state index contributed by atoms with van der Waals surface area (Å²) in [6, 6.07) is 0.594. The molecule has 0 heterocycles.